The lowest BCUT2D eigenvalue weighted by molar-refractivity contribution is -0.154. The van der Waals surface area contributed by atoms with Gasteiger partial charge in [0.05, 0.1) is 21.5 Å². The number of aliphatic hydroxyl groups excluding tert-OH is 2. The lowest BCUT2D eigenvalue weighted by atomic mass is 10.1. The van der Waals surface area contributed by atoms with Crippen LogP contribution in [0.1, 0.15) is 65.1 Å². The van der Waals surface area contributed by atoms with Gasteiger partial charge in [0.2, 0.25) is 5.60 Å². The Morgan fingerprint density at radius 1 is 1.38 bits per heavy atom. The van der Waals surface area contributed by atoms with E-state index in [0.29, 0.717) is 12.8 Å². The van der Waals surface area contributed by atoms with Crippen LogP contribution < -0.4 is 5.32 Å². The van der Waals surface area contributed by atoms with E-state index in [9.17, 15) is 19.8 Å². The Balaban J connectivity index is 1.75. The Kier molecular flexibility index (Phi) is 5.44. The molecule has 0 saturated carbocycles. The third-order valence-corrected chi connectivity index (χ3v) is 4.79. The highest BCUT2D eigenvalue weighted by Gasteiger charge is 2.58. The summed E-state index contributed by atoms with van der Waals surface area (Å²) in [6.45, 7) is -2.56. The number of epoxide rings is 1. The number of carbonyl (C=O) groups is 2. The van der Waals surface area contributed by atoms with Crippen molar-refractivity contribution in [3.8, 4) is 0 Å². The lowest BCUT2D eigenvalue weighted by Crippen LogP contribution is -2.52. The molecule has 0 bridgehead atoms. The van der Waals surface area contributed by atoms with Crippen LogP contribution in [0.4, 0.5) is 0 Å². The number of ketones is 1. The van der Waals surface area contributed by atoms with Crippen LogP contribution in [0.3, 0.4) is 0 Å². The Bertz CT molecular complexity index is 702. The number of ether oxygens (including phenoxy) is 1. The van der Waals surface area contributed by atoms with Crippen LogP contribution in [-0.4, -0.2) is 63.5 Å². The molecule has 2 heterocycles. The maximum Gasteiger partial charge on any atom is 0.263 e. The summed E-state index contributed by atoms with van der Waals surface area (Å²) in [7, 11) is 0. The van der Waals surface area contributed by atoms with E-state index in [0.717, 1.165) is 38.2 Å². The van der Waals surface area contributed by atoms with Crippen molar-refractivity contribution >= 4 is 11.7 Å². The monoisotopic (exact) mass is 382 g/mol. The molecule has 5 atom stereocenters. The Labute approximate surface area is 161 Å². The van der Waals surface area contributed by atoms with E-state index in [1.807, 2.05) is 0 Å². The molecular formula is C19H31NO6. The second-order valence-corrected chi connectivity index (χ2v) is 6.76. The van der Waals surface area contributed by atoms with E-state index in [4.69, 9.17) is 16.7 Å². The largest absolute Gasteiger partial charge is 0.394 e. The van der Waals surface area contributed by atoms with Crippen molar-refractivity contribution < 1.29 is 36.5 Å². The van der Waals surface area contributed by atoms with E-state index in [2.05, 4.69) is 5.32 Å². The van der Waals surface area contributed by atoms with Crippen molar-refractivity contribution in [1.82, 2.24) is 5.32 Å². The van der Waals surface area contributed by atoms with Gasteiger partial charge in [-0.05, 0) is 18.5 Å². The zero-order valence-electron chi connectivity index (χ0n) is 19.7. The van der Waals surface area contributed by atoms with Gasteiger partial charge in [0.15, 0.2) is 5.78 Å². The molecule has 2 aliphatic heterocycles. The SMILES string of the molecule is [2H]/C(=[13CH]\[C@]1([2H])O[13C@H]1C[13CH2]C[13CH2]C[13CH2]C[13CH2]C([2H])([2H])[2H])[13C](=O)[C@@]1(O)[C@@H](O)[C@H](CO)N[13C]1=O. The lowest BCUT2D eigenvalue weighted by Gasteiger charge is -2.21. The molecule has 0 spiro atoms. The number of nitrogens with one attached hydrogen (secondary N) is 1. The Hall–Kier alpha value is -1.28. The quantitative estimate of drug-likeness (QED) is 0.129. The van der Waals surface area contributed by atoms with Crippen LogP contribution >= 0.6 is 0 Å². The number of aliphatic hydroxyl groups is 3. The summed E-state index contributed by atoms with van der Waals surface area (Å²) < 4.78 is 42.7. The smallest absolute Gasteiger partial charge is 0.263 e. The van der Waals surface area contributed by atoms with Crippen LogP contribution in [-0.2, 0) is 14.3 Å². The van der Waals surface area contributed by atoms with Crippen molar-refractivity contribution in [2.75, 3.05) is 6.61 Å². The second-order valence-electron chi connectivity index (χ2n) is 6.76. The van der Waals surface area contributed by atoms with Crippen molar-refractivity contribution in [2.24, 2.45) is 0 Å². The molecule has 0 aromatic rings. The number of hydrogen-bond acceptors (Lipinski definition) is 6. The highest BCUT2D eigenvalue weighted by Crippen LogP contribution is 2.30. The van der Waals surface area contributed by atoms with Gasteiger partial charge in [0.25, 0.3) is 5.91 Å². The summed E-state index contributed by atoms with van der Waals surface area (Å²) in [5.41, 5.74) is -2.89. The van der Waals surface area contributed by atoms with E-state index < -0.39 is 61.1 Å². The van der Waals surface area contributed by atoms with E-state index in [1.165, 1.54) is 0 Å². The summed E-state index contributed by atoms with van der Waals surface area (Å²) >= 11 is 0. The average molecular weight is 382 g/mol. The summed E-state index contributed by atoms with van der Waals surface area (Å²) in [4.78, 5) is 24.3. The molecule has 2 fully saturated rings. The number of rotatable bonds is 12. The van der Waals surface area contributed by atoms with Gasteiger partial charge in [0, 0.05) is 4.11 Å². The predicted octanol–water partition coefficient (Wildman–Crippen LogP) is 0.602. The molecule has 0 aromatic carbocycles. The summed E-state index contributed by atoms with van der Waals surface area (Å²) in [6, 6.07) is -2.04. The maximum absolute atomic E-state index is 12.4. The third-order valence-electron chi connectivity index (χ3n) is 4.79. The third kappa shape index (κ3) is 4.91. The molecule has 26 heavy (non-hydrogen) atoms. The van der Waals surface area contributed by atoms with Crippen LogP contribution in [0, 0.1) is 0 Å². The molecule has 7 heteroatoms. The minimum absolute atomic E-state index is 0.221. The zero-order chi connectivity index (χ0) is 23.4. The highest BCUT2D eigenvalue weighted by molar-refractivity contribution is 6.16. The van der Waals surface area contributed by atoms with Gasteiger partial charge >= 0.3 is 0 Å². The number of carbonyl (C=O) groups excluding carboxylic acids is 2. The number of amides is 1. The molecular weight excluding hydrogens is 346 g/mol. The van der Waals surface area contributed by atoms with Crippen LogP contribution in [0.25, 0.3) is 0 Å². The van der Waals surface area contributed by atoms with Gasteiger partial charge in [-0.25, -0.2) is 0 Å². The Morgan fingerprint density at radius 3 is 2.73 bits per heavy atom. The van der Waals surface area contributed by atoms with Gasteiger partial charge in [-0.2, -0.15) is 0 Å². The topological polar surface area (TPSA) is 119 Å². The first-order chi connectivity index (χ1) is 14.3. The van der Waals surface area contributed by atoms with Crippen molar-refractivity contribution in [2.45, 2.75) is 88.1 Å². The fraction of sp³-hybridized carbons (Fsp3) is 0.789. The standard InChI is InChI=1S/C19H31NO6/c1-2-3-4-5-6-7-8-9-14-15(26-14)10-11-16(22)19(25)17(23)13(12-21)20-18(19)24/h10-11,13-15,17,21,23,25H,2-9,12H2,1H3,(H,20,24)/b11-10+/t13-,14-,15-,17-,19+/m0/s1/i1D3,2+1,4+1,6+1,8+1,10+1,11D,14+1,15D,16+1,18+1. The van der Waals surface area contributed by atoms with Gasteiger partial charge < -0.3 is 25.4 Å². The van der Waals surface area contributed by atoms with Crippen molar-refractivity contribution in [1.29, 1.82) is 0 Å². The summed E-state index contributed by atoms with van der Waals surface area (Å²) in [5.74, 6) is -2.56. The fourth-order valence-electron chi connectivity index (χ4n) is 3.03. The zero-order valence-corrected chi connectivity index (χ0v) is 14.7. The van der Waals surface area contributed by atoms with Gasteiger partial charge in [0.1, 0.15) is 12.2 Å². The average Bonchev–Trinajstić information content (AvgIpc) is 3.26. The maximum atomic E-state index is 12.4. The molecule has 2 aliphatic rings. The molecule has 7 nitrogen and oxygen atoms in total. The first-order valence-electron chi connectivity index (χ1n) is 11.6. The molecule has 0 unspecified atom stereocenters. The van der Waals surface area contributed by atoms with Crippen molar-refractivity contribution in [3.63, 3.8) is 0 Å². The fourth-order valence-corrected chi connectivity index (χ4v) is 3.03. The molecule has 2 rings (SSSR count). The first kappa shape index (κ1) is 14.7. The van der Waals surface area contributed by atoms with Crippen LogP contribution in [0.5, 0.6) is 0 Å². The summed E-state index contributed by atoms with van der Waals surface area (Å²) in [5, 5.41) is 31.5. The minimum atomic E-state index is -2.89. The van der Waals surface area contributed by atoms with E-state index >= 15 is 0 Å². The molecule has 148 valence electrons. The number of unbranched alkanes of at least 4 members (excludes halogenated alkanes) is 5. The molecule has 1 amide bonds. The second kappa shape index (κ2) is 9.60. The van der Waals surface area contributed by atoms with Crippen LogP contribution in [0.2, 0.25) is 0 Å². The molecule has 2 saturated heterocycles. The molecule has 4 N–H and O–H groups in total. The molecule has 0 aromatic heterocycles. The first-order valence-corrected chi connectivity index (χ1v) is 9.09. The van der Waals surface area contributed by atoms with Crippen molar-refractivity contribution in [3.05, 3.63) is 12.1 Å². The normalized spacial score (nSPS) is 40.1. The molecule has 0 aliphatic carbocycles. The molecule has 0 radical (unpaired) electrons. The minimum Gasteiger partial charge on any atom is -0.394 e. The summed E-state index contributed by atoms with van der Waals surface area (Å²) in [6.07, 6.45) is 2.68. The van der Waals surface area contributed by atoms with Gasteiger partial charge in [-0.1, -0.05) is 51.8 Å². The van der Waals surface area contributed by atoms with Crippen LogP contribution in [0.15, 0.2) is 12.1 Å². The van der Waals surface area contributed by atoms with Gasteiger partial charge in [-0.15, -0.1) is 0 Å². The van der Waals surface area contributed by atoms with E-state index in [1.54, 1.807) is 0 Å². The van der Waals surface area contributed by atoms with E-state index in [-0.39, 0.29) is 6.42 Å². The number of hydrogen-bond donors (Lipinski definition) is 4. The predicted molar refractivity (Wildman–Crippen MR) is 95.4 cm³/mol. The Morgan fingerprint density at radius 2 is 2.08 bits per heavy atom. The highest BCUT2D eigenvalue weighted by atomic mass is 16.7. The van der Waals surface area contributed by atoms with Gasteiger partial charge in [-0.3, -0.25) is 9.59 Å².